The Morgan fingerprint density at radius 1 is 0.629 bits per heavy atom. The molecule has 0 amide bonds. The van der Waals surface area contributed by atoms with Crippen LogP contribution in [-0.4, -0.2) is 75.5 Å². The molecule has 0 aliphatic heterocycles. The van der Waals surface area contributed by atoms with Gasteiger partial charge in [-0.2, -0.15) is 0 Å². The average Bonchev–Trinajstić information content (AvgIpc) is 3.29. The van der Waals surface area contributed by atoms with E-state index < -0.39 is 13.5 Å². The van der Waals surface area contributed by atoms with Crippen LogP contribution in [0, 0.1) is 11.1 Å². The van der Waals surface area contributed by atoms with E-state index in [0.29, 0.717) is 79.4 Å². The van der Waals surface area contributed by atoms with Gasteiger partial charge in [0.1, 0.15) is 17.1 Å². The second kappa shape index (κ2) is 21.0. The number of rotatable bonds is 22. The Kier molecular flexibility index (Phi) is 15.5. The van der Waals surface area contributed by atoms with Crippen LogP contribution in [0.2, 0.25) is 0 Å². The van der Waals surface area contributed by atoms with Crippen LogP contribution in [0.4, 0.5) is 11.4 Å². The molecule has 62 heavy (non-hydrogen) atoms. The van der Waals surface area contributed by atoms with Gasteiger partial charge in [0.15, 0.2) is 0 Å². The van der Waals surface area contributed by atoms with Gasteiger partial charge in [-0.25, -0.2) is 0 Å². The fourth-order valence-electron chi connectivity index (χ4n) is 8.42. The van der Waals surface area contributed by atoms with Crippen LogP contribution < -0.4 is 20.1 Å². The van der Waals surface area contributed by atoms with E-state index in [0.717, 1.165) is 28.2 Å². The third kappa shape index (κ3) is 9.56. The first-order chi connectivity index (χ1) is 30.0. The molecule has 0 radical (unpaired) electrons. The summed E-state index contributed by atoms with van der Waals surface area (Å²) < 4.78 is 32.4. The van der Waals surface area contributed by atoms with E-state index in [-0.39, 0.29) is 23.7 Å². The van der Waals surface area contributed by atoms with Gasteiger partial charge in [-0.1, -0.05) is 54.6 Å². The summed E-state index contributed by atoms with van der Waals surface area (Å²) >= 11 is 0. The van der Waals surface area contributed by atoms with Crippen molar-refractivity contribution in [2.75, 3.05) is 57.8 Å². The van der Waals surface area contributed by atoms with Crippen LogP contribution in [0.5, 0.6) is 11.5 Å². The molecule has 1 aliphatic carbocycles. The van der Waals surface area contributed by atoms with Gasteiger partial charge in [-0.15, -0.1) is 0 Å². The number of carbonyl (C=O) groups excluding carboxylic acids is 2. The number of anilines is 2. The Bertz CT molecular complexity index is 2280. The van der Waals surface area contributed by atoms with Crippen molar-refractivity contribution in [2.45, 2.75) is 65.1 Å². The fraction of sp³-hybridized carbons (Fsp3) is 0.340. The second-order valence-corrected chi connectivity index (χ2v) is 18.1. The Hall–Kier alpha value is -5.60. The van der Waals surface area contributed by atoms with Crippen molar-refractivity contribution in [2.24, 2.45) is 0 Å². The van der Waals surface area contributed by atoms with Crippen LogP contribution in [0.15, 0.2) is 115 Å². The number of benzene rings is 5. The summed E-state index contributed by atoms with van der Waals surface area (Å²) in [5.41, 5.74) is 4.49. The molecular formula is C50H59N4O7P. The molecule has 1 aliphatic rings. The predicted molar refractivity (Wildman–Crippen MR) is 248 cm³/mol. The molecule has 2 N–H and O–H groups in total. The summed E-state index contributed by atoms with van der Waals surface area (Å²) in [6.45, 7) is 12.0. The van der Waals surface area contributed by atoms with Crippen LogP contribution in [0.3, 0.4) is 0 Å². The quantitative estimate of drug-likeness (QED) is 0.0384. The number of carbonyl (C=O) groups is 2. The first-order valence-corrected chi connectivity index (χ1v) is 23.1. The molecule has 326 valence electrons. The summed E-state index contributed by atoms with van der Waals surface area (Å²) in [4.78, 5) is 28.4. The van der Waals surface area contributed by atoms with E-state index in [2.05, 4.69) is 33.2 Å². The van der Waals surface area contributed by atoms with Crippen molar-refractivity contribution < 1.29 is 32.8 Å². The minimum atomic E-state index is -3.32. The molecule has 0 heterocycles. The molecule has 0 unspecified atom stereocenters. The standard InChI is InChI=1S/C50H59N4O7P/c1-8-60-62(34-51,54(35(2)3)36(4)5)61-33-15-31-53-45-21-13-19-43-47(45)49(56)42-18-12-20-44(46(42)48(43)55)52-30-14-32-59-50(37-16-10-9-11-17-37,38-22-26-40(57-6)27-23-38)39-24-28-41(58-7)29-25-39/h9-13,16-29,35-36,52-53,62H,8,14-15,30-33H2,1-7H3. The predicted octanol–water partition coefficient (Wildman–Crippen LogP) is 10.2. The van der Waals surface area contributed by atoms with E-state index in [1.54, 1.807) is 38.5 Å². The van der Waals surface area contributed by atoms with E-state index in [4.69, 9.17) is 23.3 Å². The maximum atomic E-state index is 14.2. The molecule has 11 nitrogen and oxygen atoms in total. The molecular weight excluding hydrogens is 800 g/mol. The number of nitrogens with zero attached hydrogens (tertiary/aromatic N) is 2. The number of ketones is 2. The van der Waals surface area contributed by atoms with Crippen LogP contribution >= 0.6 is 7.87 Å². The SMILES string of the molecule is CCO[PH](C#N)(OCCCNc1cccc2c1C(=O)c1cccc(NCCCOC(c3ccccc3)(c3ccc(OC)cc3)c3ccc(OC)cc3)c1C2=O)N(C(C)C)C(C)C. The van der Waals surface area contributed by atoms with Gasteiger partial charge in [0.05, 0.1) is 20.8 Å². The molecule has 0 fully saturated rings. The topological polar surface area (TPSA) is 131 Å². The zero-order valence-electron chi connectivity index (χ0n) is 36.8. The monoisotopic (exact) mass is 858 g/mol. The summed E-state index contributed by atoms with van der Waals surface area (Å²) in [5, 5.41) is 17.1. The molecule has 5 aromatic carbocycles. The number of hydrogen-bond donors (Lipinski definition) is 2. The number of nitrogens with one attached hydrogen (secondary N) is 2. The van der Waals surface area contributed by atoms with Gasteiger partial charge in [-0.05, 0) is 47.4 Å². The number of hydrogen-bond acceptors (Lipinski definition) is 11. The summed E-state index contributed by atoms with van der Waals surface area (Å²) in [5.74, 6) is 3.46. The average molecular weight is 859 g/mol. The van der Waals surface area contributed by atoms with E-state index in [9.17, 15) is 14.9 Å². The Balaban J connectivity index is 1.15. The van der Waals surface area contributed by atoms with Crippen molar-refractivity contribution in [3.8, 4) is 17.3 Å². The van der Waals surface area contributed by atoms with Crippen molar-refractivity contribution in [3.05, 3.63) is 154 Å². The Morgan fingerprint density at radius 2 is 1.10 bits per heavy atom. The summed E-state index contributed by atoms with van der Waals surface area (Å²) in [6, 6.07) is 36.8. The molecule has 0 aromatic heterocycles. The molecule has 0 spiro atoms. The normalized spacial score (nSPS) is 12.9. The number of methoxy groups -OCH3 is 2. The number of ether oxygens (including phenoxy) is 3. The zero-order chi connectivity index (χ0) is 44.3. The zero-order valence-corrected chi connectivity index (χ0v) is 37.8. The molecule has 12 heteroatoms. The maximum absolute atomic E-state index is 14.2. The van der Waals surface area contributed by atoms with Crippen molar-refractivity contribution in [1.29, 1.82) is 5.26 Å². The third-order valence-electron chi connectivity index (χ3n) is 11.1. The van der Waals surface area contributed by atoms with Gasteiger partial charge in [-0.3, -0.25) is 0 Å². The van der Waals surface area contributed by atoms with Crippen molar-refractivity contribution >= 4 is 30.8 Å². The Morgan fingerprint density at radius 3 is 1.53 bits per heavy atom. The first kappa shape index (κ1) is 45.9. The van der Waals surface area contributed by atoms with Crippen LogP contribution in [0.25, 0.3) is 0 Å². The second-order valence-electron chi connectivity index (χ2n) is 15.6. The van der Waals surface area contributed by atoms with Gasteiger partial charge in [0.2, 0.25) is 0 Å². The Labute approximate surface area is 366 Å². The molecule has 0 atom stereocenters. The van der Waals surface area contributed by atoms with E-state index >= 15 is 0 Å². The first-order valence-electron chi connectivity index (χ1n) is 21.3. The van der Waals surface area contributed by atoms with Crippen LogP contribution in [0.1, 0.15) is 96.0 Å². The van der Waals surface area contributed by atoms with Gasteiger partial charge < -0.3 is 14.2 Å². The minimum absolute atomic E-state index is 0.0692. The number of fused-ring (bicyclic) bond motifs is 2. The van der Waals surface area contributed by atoms with Crippen LogP contribution in [-0.2, 0) is 19.4 Å². The van der Waals surface area contributed by atoms with Crippen molar-refractivity contribution in [3.63, 3.8) is 0 Å². The van der Waals surface area contributed by atoms with Gasteiger partial charge >= 0.3 is 207 Å². The van der Waals surface area contributed by atoms with E-state index in [1.807, 2.05) is 113 Å². The van der Waals surface area contributed by atoms with Gasteiger partial charge in [0.25, 0.3) is 0 Å². The molecule has 6 rings (SSSR count). The molecule has 0 saturated carbocycles. The van der Waals surface area contributed by atoms with Gasteiger partial charge in [0, 0.05) is 6.54 Å². The van der Waals surface area contributed by atoms with E-state index in [1.165, 1.54) is 0 Å². The molecule has 0 saturated heterocycles. The summed E-state index contributed by atoms with van der Waals surface area (Å²) in [7, 11) is -0.0283. The summed E-state index contributed by atoms with van der Waals surface area (Å²) in [6.07, 6.45) is 1.15. The number of nitriles is 1. The van der Waals surface area contributed by atoms with Crippen molar-refractivity contribution in [1.82, 2.24) is 4.67 Å². The fourth-order valence-corrected chi connectivity index (χ4v) is 11.2. The molecule has 0 bridgehead atoms. The third-order valence-corrected chi connectivity index (χ3v) is 14.3. The molecule has 5 aromatic rings.